The maximum absolute atomic E-state index is 9.55. The van der Waals surface area contributed by atoms with Gasteiger partial charge in [-0.15, -0.1) is 0 Å². The predicted octanol–water partition coefficient (Wildman–Crippen LogP) is -0.441. The molecule has 0 fully saturated rings. The van der Waals surface area contributed by atoms with Crippen LogP contribution in [0.15, 0.2) is 4.76 Å². The molecule has 0 amide bonds. The van der Waals surface area contributed by atoms with Gasteiger partial charge in [-0.1, -0.05) is 0 Å². The third kappa shape index (κ3) is 3.74. The van der Waals surface area contributed by atoms with E-state index < -0.39 is 0 Å². The molecule has 0 rings (SSSR count). The van der Waals surface area contributed by atoms with E-state index in [9.17, 15) is 4.57 Å². The van der Waals surface area contributed by atoms with Crippen LogP contribution >= 0.6 is 8.61 Å². The van der Waals surface area contributed by atoms with E-state index in [1.807, 2.05) is 0 Å². The average molecular weight is 156 g/mol. The van der Waals surface area contributed by atoms with Crippen LogP contribution < -0.4 is 10.0 Å². The van der Waals surface area contributed by atoms with Crippen LogP contribution in [0.25, 0.3) is 0 Å². The molecule has 0 aromatic rings. The molecule has 0 aliphatic carbocycles. The van der Waals surface area contributed by atoms with Crippen molar-refractivity contribution in [2.75, 3.05) is 0 Å². The molecule has 0 bridgehead atoms. The van der Waals surface area contributed by atoms with E-state index in [4.69, 9.17) is 5.73 Å². The first-order valence-corrected chi connectivity index (χ1v) is 2.75. The molecule has 3 N–H and O–H groups in total. The maximum atomic E-state index is 9.55. The summed E-state index contributed by atoms with van der Waals surface area (Å²) in [5, 5.41) is 0. The summed E-state index contributed by atoms with van der Waals surface area (Å²) in [7, 11) is -0.330. The van der Waals surface area contributed by atoms with Crippen molar-refractivity contribution in [2.24, 2.45) is 10.5 Å². The quantitative estimate of drug-likeness (QED) is 0.307. The van der Waals surface area contributed by atoms with Crippen LogP contribution in [-0.4, -0.2) is 5.96 Å². The zero-order chi connectivity index (χ0) is 5.70. The molecular weight excluding hydrogens is 153 g/mol. The van der Waals surface area contributed by atoms with Crippen LogP contribution in [0.1, 0.15) is 0 Å². The van der Waals surface area contributed by atoms with Crippen molar-refractivity contribution in [2.45, 2.75) is 0 Å². The molecule has 7 heavy (non-hydrogen) atoms. The van der Waals surface area contributed by atoms with Crippen LogP contribution in [-0.2, 0) is 21.1 Å². The molecular formula is CH3CrN3OP. The number of guanidine groups is 1. The van der Waals surface area contributed by atoms with Gasteiger partial charge in [0.15, 0.2) is 0 Å². The molecule has 0 spiro atoms. The van der Waals surface area contributed by atoms with Crippen molar-refractivity contribution in [1.29, 1.82) is 0 Å². The van der Waals surface area contributed by atoms with Gasteiger partial charge in [0.2, 0.25) is 0 Å². The Morgan fingerprint density at radius 3 is 2.71 bits per heavy atom. The van der Waals surface area contributed by atoms with Gasteiger partial charge in [-0.2, -0.15) is 0 Å². The first-order chi connectivity index (χ1) is 3.31. The van der Waals surface area contributed by atoms with Crippen molar-refractivity contribution in [3.8, 4) is 0 Å². The molecule has 6 heteroatoms. The van der Waals surface area contributed by atoms with Gasteiger partial charge in [0.05, 0.1) is 0 Å². The summed E-state index contributed by atoms with van der Waals surface area (Å²) < 4.78 is 15.1. The van der Waals surface area contributed by atoms with Crippen LogP contribution in [0.2, 0.25) is 0 Å². The fourth-order valence-corrected chi connectivity index (χ4v) is 0.384. The van der Waals surface area contributed by atoms with Crippen molar-refractivity contribution < 1.29 is 21.1 Å². The van der Waals surface area contributed by atoms with Crippen LogP contribution in [0, 0.1) is 0 Å². The van der Waals surface area contributed by atoms with Crippen molar-refractivity contribution in [1.82, 2.24) is 4.30 Å². The Hall–Kier alpha value is -0.0975. The summed E-state index contributed by atoms with van der Waals surface area (Å²) in [6.07, 6.45) is 0. The van der Waals surface area contributed by atoms with Gasteiger partial charge >= 0.3 is 50.4 Å². The van der Waals surface area contributed by atoms with E-state index in [0.29, 0.717) is 0 Å². The molecule has 0 saturated heterocycles. The zero-order valence-electron chi connectivity index (χ0n) is 3.29. The second-order valence-electron chi connectivity index (χ2n) is 0.669. The van der Waals surface area contributed by atoms with Crippen LogP contribution in [0.4, 0.5) is 0 Å². The summed E-state index contributed by atoms with van der Waals surface area (Å²) in [5.74, 6) is 0.122. The fourth-order valence-electron chi connectivity index (χ4n) is 0.0644. The minimum atomic E-state index is -0.330. The molecule has 0 aliphatic rings. The second-order valence-corrected chi connectivity index (χ2v) is 1.35. The molecule has 0 saturated carbocycles. The molecule has 4 nitrogen and oxygen atoms in total. The number of nitrogens with two attached hydrogens (primary N) is 1. The van der Waals surface area contributed by atoms with Gasteiger partial charge in [0, 0.05) is 0 Å². The van der Waals surface area contributed by atoms with E-state index in [1.54, 1.807) is 0 Å². The van der Waals surface area contributed by atoms with E-state index in [2.05, 4.69) is 25.6 Å². The van der Waals surface area contributed by atoms with E-state index in [-0.39, 0.29) is 14.6 Å². The Kier molecular flexibility index (Phi) is 4.02. The Bertz CT molecular complexity index is 92.9. The predicted molar refractivity (Wildman–Crippen MR) is 22.4 cm³/mol. The Morgan fingerprint density at radius 2 is 2.57 bits per heavy atom. The number of nitrogens with one attached hydrogen (secondary N) is 1. The molecule has 39 valence electrons. The monoisotopic (exact) mass is 156 g/mol. The normalized spacial score (nSPS) is 11.7. The van der Waals surface area contributed by atoms with Crippen LogP contribution in [0.5, 0.6) is 0 Å². The number of nitrogens with zero attached hydrogens (tertiary/aromatic N) is 1. The van der Waals surface area contributed by atoms with Gasteiger partial charge in [-0.25, -0.2) is 0 Å². The minimum absolute atomic E-state index is 0.122. The second kappa shape index (κ2) is 4.07. The van der Waals surface area contributed by atoms with E-state index in [1.165, 1.54) is 0 Å². The van der Waals surface area contributed by atoms with Gasteiger partial charge < -0.3 is 0 Å². The number of hydrogen-bond acceptors (Lipinski definition) is 1. The number of rotatable bonds is 1. The zero-order valence-corrected chi connectivity index (χ0v) is 5.46. The number of hydrogen-bond donors (Lipinski definition) is 2. The van der Waals surface area contributed by atoms with E-state index in [0.717, 1.165) is 0 Å². The average Bonchev–Trinajstić information content (AvgIpc) is 1.68. The summed E-state index contributed by atoms with van der Waals surface area (Å²) in [4.78, 5) is 0. The summed E-state index contributed by atoms with van der Waals surface area (Å²) in [5.41, 5.74) is 4.98. The molecule has 0 radical (unpaired) electrons. The van der Waals surface area contributed by atoms with Gasteiger partial charge in [0.25, 0.3) is 0 Å². The molecule has 0 aromatic heterocycles. The first kappa shape index (κ1) is 6.90. The van der Waals surface area contributed by atoms with Crippen molar-refractivity contribution >= 4 is 14.6 Å². The summed E-state index contributed by atoms with van der Waals surface area (Å²) >= 11 is 2.38. The van der Waals surface area contributed by atoms with Crippen molar-refractivity contribution in [3.05, 3.63) is 0 Å². The Morgan fingerprint density at radius 1 is 2.00 bits per heavy atom. The molecule has 0 unspecified atom stereocenters. The molecule has 0 aromatic carbocycles. The fraction of sp³-hybridized carbons (Fsp3) is 0. The third-order valence-corrected chi connectivity index (χ3v) is 0.877. The van der Waals surface area contributed by atoms with Crippen molar-refractivity contribution in [3.63, 3.8) is 0 Å². The van der Waals surface area contributed by atoms with E-state index >= 15 is 0 Å². The molecule has 0 heterocycles. The third-order valence-electron chi connectivity index (χ3n) is 0.253. The van der Waals surface area contributed by atoms with Crippen LogP contribution in [0.3, 0.4) is 0 Å². The Labute approximate surface area is 51.1 Å². The van der Waals surface area contributed by atoms with Gasteiger partial charge in [-0.05, 0) is 0 Å². The van der Waals surface area contributed by atoms with Gasteiger partial charge in [-0.3, -0.25) is 0 Å². The standard InChI is InChI=1S/CH3N3OP.Cr/c2-1(3)4-6-5;/h(H3-,2,3,4,5);/q-1;+1. The summed E-state index contributed by atoms with van der Waals surface area (Å²) in [6, 6.07) is 0. The van der Waals surface area contributed by atoms with Gasteiger partial charge in [0.1, 0.15) is 0 Å². The molecule has 0 aliphatic heterocycles. The first-order valence-electron chi connectivity index (χ1n) is 1.35. The summed E-state index contributed by atoms with van der Waals surface area (Å²) in [6.45, 7) is 0. The molecule has 0 atom stereocenters. The Balaban J connectivity index is 3.49. The SMILES string of the molecule is NC(=NP=O)[NH][Cr]. The topological polar surface area (TPSA) is 67.5 Å².